The highest BCUT2D eigenvalue weighted by Gasteiger charge is 2.34. The van der Waals surface area contributed by atoms with Gasteiger partial charge in [0, 0.05) is 49.9 Å². The lowest BCUT2D eigenvalue weighted by Gasteiger charge is -2.45. The number of nitriles is 1. The van der Waals surface area contributed by atoms with E-state index in [0.717, 1.165) is 49.3 Å². The highest BCUT2D eigenvalue weighted by atomic mass is 35.5. The molecule has 1 N–H and O–H groups in total. The zero-order chi connectivity index (χ0) is 27.6. The van der Waals surface area contributed by atoms with E-state index in [1.54, 1.807) is 12.1 Å². The first-order chi connectivity index (χ1) is 18.7. The lowest BCUT2D eigenvalue weighted by Crippen LogP contribution is -2.52. The van der Waals surface area contributed by atoms with Crippen LogP contribution in [0.25, 0.3) is 0 Å². The van der Waals surface area contributed by atoms with Gasteiger partial charge in [0.15, 0.2) is 0 Å². The minimum Gasteiger partial charge on any atom is -0.384 e. The molecule has 202 valence electrons. The first kappa shape index (κ1) is 27.5. The summed E-state index contributed by atoms with van der Waals surface area (Å²) in [6.07, 6.45) is 2.11. The number of β-amino-alcohol motifs (C(OH)–C–C–N with tert-alkyl or cyclic N) is 1. The van der Waals surface area contributed by atoms with Crippen molar-refractivity contribution in [3.8, 4) is 6.07 Å². The van der Waals surface area contributed by atoms with Crippen molar-refractivity contribution < 1.29 is 9.90 Å². The first-order valence-corrected chi connectivity index (χ1v) is 14.1. The van der Waals surface area contributed by atoms with E-state index >= 15 is 0 Å². The standard InChI is InChI=1S/C31H32Cl2N4O2/c1-31(39,25-9-5-24(6-10-25)30(38)36-14-2-3-15-36)21-35-16-17-37(28-13-4-22(19-34)18-27(28)33)29(20-35)23-7-11-26(32)12-8-23/h4-13,18,29,39H,2-3,14-17,20-21H2,1H3/t29-,31+/m0/s1. The molecule has 3 aromatic rings. The highest BCUT2D eigenvalue weighted by molar-refractivity contribution is 6.33. The van der Waals surface area contributed by atoms with Crippen LogP contribution < -0.4 is 4.90 Å². The number of carbonyl (C=O) groups is 1. The molecule has 2 atom stereocenters. The van der Waals surface area contributed by atoms with Crippen molar-refractivity contribution in [3.63, 3.8) is 0 Å². The number of anilines is 1. The van der Waals surface area contributed by atoms with Crippen LogP contribution in [0.3, 0.4) is 0 Å². The summed E-state index contributed by atoms with van der Waals surface area (Å²) in [6.45, 7) is 5.97. The Bertz CT molecular complexity index is 1360. The van der Waals surface area contributed by atoms with Crippen LogP contribution in [0.5, 0.6) is 0 Å². The second kappa shape index (κ2) is 11.6. The molecule has 2 aliphatic rings. The molecule has 3 aromatic carbocycles. The summed E-state index contributed by atoms with van der Waals surface area (Å²) >= 11 is 12.8. The van der Waals surface area contributed by atoms with Gasteiger partial charge in [-0.1, -0.05) is 47.5 Å². The van der Waals surface area contributed by atoms with Crippen LogP contribution in [0.4, 0.5) is 5.69 Å². The van der Waals surface area contributed by atoms with Crippen molar-refractivity contribution in [2.45, 2.75) is 31.4 Å². The van der Waals surface area contributed by atoms with Gasteiger partial charge in [0.1, 0.15) is 0 Å². The van der Waals surface area contributed by atoms with Crippen LogP contribution >= 0.6 is 23.2 Å². The summed E-state index contributed by atoms with van der Waals surface area (Å²) in [4.78, 5) is 19.2. The van der Waals surface area contributed by atoms with Crippen molar-refractivity contribution in [1.29, 1.82) is 5.26 Å². The fourth-order valence-electron chi connectivity index (χ4n) is 5.65. The Morgan fingerprint density at radius 1 is 1.00 bits per heavy atom. The van der Waals surface area contributed by atoms with Gasteiger partial charge in [0.25, 0.3) is 5.91 Å². The van der Waals surface area contributed by atoms with Gasteiger partial charge < -0.3 is 14.9 Å². The van der Waals surface area contributed by atoms with E-state index in [1.165, 1.54) is 0 Å². The number of benzene rings is 3. The SMILES string of the molecule is C[C@@](O)(CN1CCN(c2ccc(C#N)cc2Cl)[C@H](c2ccc(Cl)cc2)C1)c1ccc(C(=O)N2CCCC2)cc1. The molecule has 5 rings (SSSR count). The van der Waals surface area contributed by atoms with Crippen LogP contribution in [0.1, 0.15) is 52.9 Å². The van der Waals surface area contributed by atoms with Gasteiger partial charge in [-0.05, 0) is 73.4 Å². The summed E-state index contributed by atoms with van der Waals surface area (Å²) < 4.78 is 0. The third-order valence-corrected chi connectivity index (χ3v) is 8.34. The molecule has 0 aliphatic carbocycles. The van der Waals surface area contributed by atoms with E-state index in [4.69, 9.17) is 23.2 Å². The summed E-state index contributed by atoms with van der Waals surface area (Å²) in [7, 11) is 0. The number of nitrogens with zero attached hydrogens (tertiary/aromatic N) is 4. The molecule has 39 heavy (non-hydrogen) atoms. The number of piperazine rings is 1. The zero-order valence-electron chi connectivity index (χ0n) is 22.0. The number of aliphatic hydroxyl groups is 1. The average molecular weight is 564 g/mol. The minimum atomic E-state index is -1.10. The monoisotopic (exact) mass is 562 g/mol. The lowest BCUT2D eigenvalue weighted by molar-refractivity contribution is 0.0103. The molecule has 1 amide bonds. The summed E-state index contributed by atoms with van der Waals surface area (Å²) in [5.41, 5.74) is 2.82. The number of carbonyl (C=O) groups excluding carboxylic acids is 1. The van der Waals surface area contributed by atoms with Gasteiger partial charge in [-0.15, -0.1) is 0 Å². The molecule has 0 spiro atoms. The molecular weight excluding hydrogens is 531 g/mol. The topological polar surface area (TPSA) is 70.8 Å². The smallest absolute Gasteiger partial charge is 0.253 e. The minimum absolute atomic E-state index is 0.0299. The number of hydrogen-bond acceptors (Lipinski definition) is 5. The molecule has 0 aromatic heterocycles. The first-order valence-electron chi connectivity index (χ1n) is 13.3. The van der Waals surface area contributed by atoms with E-state index in [1.807, 2.05) is 66.4 Å². The van der Waals surface area contributed by atoms with Crippen LogP contribution in [0.15, 0.2) is 66.7 Å². The number of halogens is 2. The molecule has 2 fully saturated rings. The summed E-state index contributed by atoms with van der Waals surface area (Å²) in [6, 6.07) is 22.7. The maximum Gasteiger partial charge on any atom is 0.253 e. The van der Waals surface area contributed by atoms with E-state index in [2.05, 4.69) is 15.9 Å². The van der Waals surface area contributed by atoms with E-state index in [0.29, 0.717) is 40.8 Å². The van der Waals surface area contributed by atoms with E-state index < -0.39 is 5.60 Å². The quantitative estimate of drug-likeness (QED) is 0.406. The van der Waals surface area contributed by atoms with E-state index in [9.17, 15) is 15.2 Å². The third-order valence-electron chi connectivity index (χ3n) is 7.78. The van der Waals surface area contributed by atoms with Gasteiger partial charge >= 0.3 is 0 Å². The van der Waals surface area contributed by atoms with Crippen LogP contribution in [-0.4, -0.2) is 60.1 Å². The van der Waals surface area contributed by atoms with Gasteiger partial charge in [-0.2, -0.15) is 5.26 Å². The number of rotatable bonds is 6. The fourth-order valence-corrected chi connectivity index (χ4v) is 6.07. The van der Waals surface area contributed by atoms with Crippen LogP contribution in [-0.2, 0) is 5.60 Å². The zero-order valence-corrected chi connectivity index (χ0v) is 23.5. The Labute approximate surface area is 240 Å². The van der Waals surface area contributed by atoms with Crippen molar-refractivity contribution >= 4 is 34.8 Å². The molecule has 0 unspecified atom stereocenters. The number of hydrogen-bond donors (Lipinski definition) is 1. The Hall–Kier alpha value is -3.08. The fraction of sp³-hybridized carbons (Fsp3) is 0.355. The summed E-state index contributed by atoms with van der Waals surface area (Å²) in [5, 5.41) is 22.0. The van der Waals surface area contributed by atoms with Crippen molar-refractivity contribution in [3.05, 3.63) is 99.0 Å². The molecule has 0 radical (unpaired) electrons. The van der Waals surface area contributed by atoms with Crippen LogP contribution in [0, 0.1) is 11.3 Å². The lowest BCUT2D eigenvalue weighted by atomic mass is 9.93. The maximum absolute atomic E-state index is 12.7. The molecule has 0 bridgehead atoms. The van der Waals surface area contributed by atoms with Crippen molar-refractivity contribution in [1.82, 2.24) is 9.80 Å². The van der Waals surface area contributed by atoms with Gasteiger partial charge in [-0.25, -0.2) is 0 Å². The Morgan fingerprint density at radius 2 is 1.69 bits per heavy atom. The van der Waals surface area contributed by atoms with Gasteiger partial charge in [-0.3, -0.25) is 9.69 Å². The molecule has 6 nitrogen and oxygen atoms in total. The molecule has 2 saturated heterocycles. The molecule has 0 saturated carbocycles. The maximum atomic E-state index is 12.7. The van der Waals surface area contributed by atoms with Gasteiger partial charge in [0.05, 0.1) is 34.0 Å². The predicted molar refractivity (Wildman–Crippen MR) is 155 cm³/mol. The van der Waals surface area contributed by atoms with E-state index in [-0.39, 0.29) is 11.9 Å². The average Bonchev–Trinajstić information content (AvgIpc) is 3.48. The Balaban J connectivity index is 1.34. The molecule has 8 heteroatoms. The predicted octanol–water partition coefficient (Wildman–Crippen LogP) is 5.87. The highest BCUT2D eigenvalue weighted by Crippen LogP contribution is 2.37. The second-order valence-electron chi connectivity index (χ2n) is 10.6. The largest absolute Gasteiger partial charge is 0.384 e. The van der Waals surface area contributed by atoms with Gasteiger partial charge in [0.2, 0.25) is 0 Å². The Kier molecular flexibility index (Phi) is 8.16. The Morgan fingerprint density at radius 3 is 2.33 bits per heavy atom. The number of amides is 1. The number of likely N-dealkylation sites (tertiary alicyclic amines) is 1. The van der Waals surface area contributed by atoms with Crippen molar-refractivity contribution in [2.75, 3.05) is 44.2 Å². The normalized spacial score (nSPS) is 19.5. The third kappa shape index (κ3) is 6.08. The summed E-state index contributed by atoms with van der Waals surface area (Å²) in [5.74, 6) is 0.0575. The second-order valence-corrected chi connectivity index (χ2v) is 11.5. The van der Waals surface area contributed by atoms with Crippen molar-refractivity contribution in [2.24, 2.45) is 0 Å². The molecular formula is C31H32Cl2N4O2. The van der Waals surface area contributed by atoms with Crippen LogP contribution in [0.2, 0.25) is 10.0 Å². The molecule has 2 aliphatic heterocycles. The molecule has 2 heterocycles.